The summed E-state index contributed by atoms with van der Waals surface area (Å²) in [4.78, 5) is 23.3. The molecule has 2 rings (SSSR count). The van der Waals surface area contributed by atoms with Crippen LogP contribution in [0.4, 0.5) is 0 Å². The fraction of sp³-hybridized carbons (Fsp3) is 0.231. The van der Waals surface area contributed by atoms with E-state index in [0.717, 1.165) is 5.39 Å². The number of carbonyl (C=O) groups excluding carboxylic acids is 1. The molecule has 1 aromatic carbocycles. The summed E-state index contributed by atoms with van der Waals surface area (Å²) < 4.78 is 6.41. The van der Waals surface area contributed by atoms with E-state index in [1.807, 2.05) is 0 Å². The molecule has 1 aromatic heterocycles. The highest BCUT2D eigenvalue weighted by molar-refractivity contribution is 5.95. The van der Waals surface area contributed by atoms with Crippen LogP contribution < -0.4 is 5.56 Å². The average molecular weight is 231 g/mol. The lowest BCUT2D eigenvalue weighted by Gasteiger charge is -2.04. The van der Waals surface area contributed by atoms with Gasteiger partial charge in [-0.2, -0.15) is 0 Å². The Bertz CT molecular complexity index is 628. The summed E-state index contributed by atoms with van der Waals surface area (Å²) in [5.41, 5.74) is 0.394. The Kier molecular flexibility index (Phi) is 2.95. The number of benzene rings is 1. The monoisotopic (exact) mass is 231 g/mol. The van der Waals surface area contributed by atoms with Crippen molar-refractivity contribution in [2.45, 2.75) is 6.92 Å². The van der Waals surface area contributed by atoms with Gasteiger partial charge in [0.25, 0.3) is 5.56 Å². The number of rotatable bonds is 2. The Balaban J connectivity index is 2.56. The number of nitrogens with zero attached hydrogens (tertiary/aromatic N) is 1. The molecule has 0 amide bonds. The maximum Gasteiger partial charge on any atom is 0.338 e. The molecule has 0 bridgehead atoms. The fourth-order valence-electron chi connectivity index (χ4n) is 1.69. The van der Waals surface area contributed by atoms with Crippen molar-refractivity contribution in [3.8, 4) is 0 Å². The normalized spacial score (nSPS) is 10.5. The maximum absolute atomic E-state index is 11.8. The summed E-state index contributed by atoms with van der Waals surface area (Å²) in [7, 11) is 1.70. The lowest BCUT2D eigenvalue weighted by Crippen LogP contribution is -2.15. The smallest absolute Gasteiger partial charge is 0.338 e. The van der Waals surface area contributed by atoms with Crippen LogP contribution in [0.3, 0.4) is 0 Å². The summed E-state index contributed by atoms with van der Waals surface area (Å²) in [6.45, 7) is 2.10. The molecule has 2 aromatic rings. The van der Waals surface area contributed by atoms with Crippen LogP contribution >= 0.6 is 0 Å². The zero-order valence-electron chi connectivity index (χ0n) is 9.77. The zero-order valence-corrected chi connectivity index (χ0v) is 9.77. The number of pyridine rings is 1. The first-order valence-electron chi connectivity index (χ1n) is 5.40. The molecule has 0 spiro atoms. The number of hydrogen-bond acceptors (Lipinski definition) is 3. The molecule has 1 heterocycles. The summed E-state index contributed by atoms with van der Waals surface area (Å²) in [5.74, 6) is -0.366. The molecule has 0 saturated heterocycles. The van der Waals surface area contributed by atoms with Crippen molar-refractivity contribution in [1.29, 1.82) is 0 Å². The number of esters is 1. The predicted octanol–water partition coefficient (Wildman–Crippen LogP) is 1.72. The van der Waals surface area contributed by atoms with E-state index >= 15 is 0 Å². The molecular formula is C13H13NO3. The van der Waals surface area contributed by atoms with E-state index in [4.69, 9.17) is 4.74 Å². The van der Waals surface area contributed by atoms with E-state index in [-0.39, 0.29) is 11.5 Å². The second-order valence-electron chi connectivity index (χ2n) is 3.75. The third kappa shape index (κ3) is 2.06. The number of hydrogen-bond donors (Lipinski definition) is 0. The van der Waals surface area contributed by atoms with Crippen LogP contribution in [0.5, 0.6) is 0 Å². The van der Waals surface area contributed by atoms with Crippen molar-refractivity contribution in [2.24, 2.45) is 7.05 Å². The Morgan fingerprint density at radius 2 is 2.12 bits per heavy atom. The van der Waals surface area contributed by atoms with Crippen LogP contribution in [0.1, 0.15) is 17.3 Å². The molecule has 17 heavy (non-hydrogen) atoms. The number of aryl methyl sites for hydroxylation is 1. The van der Waals surface area contributed by atoms with Crippen LogP contribution in [-0.2, 0) is 11.8 Å². The van der Waals surface area contributed by atoms with Crippen molar-refractivity contribution in [3.05, 3.63) is 46.4 Å². The Hall–Kier alpha value is -2.10. The Morgan fingerprint density at radius 1 is 1.35 bits per heavy atom. The van der Waals surface area contributed by atoms with Gasteiger partial charge in [0.05, 0.1) is 12.2 Å². The molecule has 0 unspecified atom stereocenters. The van der Waals surface area contributed by atoms with E-state index in [2.05, 4.69) is 0 Å². The van der Waals surface area contributed by atoms with Crippen molar-refractivity contribution in [1.82, 2.24) is 4.57 Å². The van der Waals surface area contributed by atoms with E-state index in [1.54, 1.807) is 44.4 Å². The molecule has 0 aliphatic carbocycles. The topological polar surface area (TPSA) is 48.3 Å². The summed E-state index contributed by atoms with van der Waals surface area (Å²) in [6.07, 6.45) is 1.68. The van der Waals surface area contributed by atoms with Gasteiger partial charge < -0.3 is 9.30 Å². The molecule has 0 aliphatic rings. The minimum Gasteiger partial charge on any atom is -0.462 e. The van der Waals surface area contributed by atoms with Gasteiger partial charge in [-0.15, -0.1) is 0 Å². The lowest BCUT2D eigenvalue weighted by molar-refractivity contribution is 0.0526. The second kappa shape index (κ2) is 4.41. The Morgan fingerprint density at radius 3 is 2.82 bits per heavy atom. The standard InChI is InChI=1S/C13H13NO3/c1-3-17-13(16)10-4-5-11-9(8-10)6-7-14(2)12(11)15/h4-8H,3H2,1-2H3. The maximum atomic E-state index is 11.8. The molecule has 0 atom stereocenters. The van der Waals surface area contributed by atoms with Crippen LogP contribution in [0, 0.1) is 0 Å². The fourth-order valence-corrected chi connectivity index (χ4v) is 1.69. The minimum atomic E-state index is -0.366. The van der Waals surface area contributed by atoms with Gasteiger partial charge in [0.15, 0.2) is 0 Å². The third-order valence-corrected chi connectivity index (χ3v) is 2.59. The van der Waals surface area contributed by atoms with Gasteiger partial charge in [0, 0.05) is 18.6 Å². The van der Waals surface area contributed by atoms with Crippen LogP contribution in [-0.4, -0.2) is 17.1 Å². The first kappa shape index (κ1) is 11.4. The molecule has 0 saturated carbocycles. The molecule has 0 aliphatic heterocycles. The van der Waals surface area contributed by atoms with E-state index in [1.165, 1.54) is 4.57 Å². The van der Waals surface area contributed by atoms with Crippen molar-refractivity contribution in [2.75, 3.05) is 6.61 Å². The lowest BCUT2D eigenvalue weighted by atomic mass is 10.1. The van der Waals surface area contributed by atoms with Gasteiger partial charge in [-0.05, 0) is 36.6 Å². The van der Waals surface area contributed by atoms with Gasteiger partial charge >= 0.3 is 5.97 Å². The van der Waals surface area contributed by atoms with Crippen LogP contribution in [0.2, 0.25) is 0 Å². The highest BCUT2D eigenvalue weighted by Crippen LogP contribution is 2.13. The van der Waals surface area contributed by atoms with Gasteiger partial charge in [0.1, 0.15) is 0 Å². The van der Waals surface area contributed by atoms with Gasteiger partial charge in [-0.3, -0.25) is 4.79 Å². The third-order valence-electron chi connectivity index (χ3n) is 2.59. The molecule has 4 heteroatoms. The number of carbonyl (C=O) groups is 1. The van der Waals surface area contributed by atoms with E-state index < -0.39 is 0 Å². The number of ether oxygens (including phenoxy) is 1. The summed E-state index contributed by atoms with van der Waals surface area (Å²) >= 11 is 0. The van der Waals surface area contributed by atoms with Crippen LogP contribution in [0.25, 0.3) is 10.8 Å². The zero-order chi connectivity index (χ0) is 12.4. The first-order valence-corrected chi connectivity index (χ1v) is 5.40. The molecule has 4 nitrogen and oxygen atoms in total. The highest BCUT2D eigenvalue weighted by atomic mass is 16.5. The molecule has 0 radical (unpaired) electrons. The number of fused-ring (bicyclic) bond motifs is 1. The summed E-state index contributed by atoms with van der Waals surface area (Å²) in [5, 5.41) is 1.35. The largest absolute Gasteiger partial charge is 0.462 e. The van der Waals surface area contributed by atoms with Crippen molar-refractivity contribution in [3.63, 3.8) is 0 Å². The van der Waals surface area contributed by atoms with E-state index in [9.17, 15) is 9.59 Å². The molecule has 0 fully saturated rings. The first-order chi connectivity index (χ1) is 8.13. The average Bonchev–Trinajstić information content (AvgIpc) is 2.34. The second-order valence-corrected chi connectivity index (χ2v) is 3.75. The minimum absolute atomic E-state index is 0.0714. The summed E-state index contributed by atoms with van der Waals surface area (Å²) in [6, 6.07) is 6.75. The highest BCUT2D eigenvalue weighted by Gasteiger charge is 2.08. The SMILES string of the molecule is CCOC(=O)c1ccc2c(=O)n(C)ccc2c1. The Labute approximate surface area is 98.4 Å². The van der Waals surface area contributed by atoms with Gasteiger partial charge in [-0.25, -0.2) is 4.79 Å². The van der Waals surface area contributed by atoms with E-state index in [0.29, 0.717) is 17.6 Å². The van der Waals surface area contributed by atoms with Gasteiger partial charge in [-0.1, -0.05) is 0 Å². The van der Waals surface area contributed by atoms with Crippen molar-refractivity contribution < 1.29 is 9.53 Å². The predicted molar refractivity (Wildman–Crippen MR) is 65.1 cm³/mol. The van der Waals surface area contributed by atoms with Crippen LogP contribution in [0.15, 0.2) is 35.3 Å². The molecule has 88 valence electrons. The molecular weight excluding hydrogens is 218 g/mol. The van der Waals surface area contributed by atoms with Gasteiger partial charge in [0.2, 0.25) is 0 Å². The molecule has 0 N–H and O–H groups in total. The quantitative estimate of drug-likeness (QED) is 0.739. The number of aromatic nitrogens is 1. The van der Waals surface area contributed by atoms with Crippen molar-refractivity contribution >= 4 is 16.7 Å².